The Kier molecular flexibility index (Phi) is 6.44. The third kappa shape index (κ3) is 4.73. The van der Waals surface area contributed by atoms with E-state index in [0.29, 0.717) is 16.7 Å². The first kappa shape index (κ1) is 17.4. The van der Waals surface area contributed by atoms with Gasteiger partial charge in [0.25, 0.3) is 0 Å². The van der Waals surface area contributed by atoms with Gasteiger partial charge in [-0.3, -0.25) is 0 Å². The van der Waals surface area contributed by atoms with Gasteiger partial charge in [-0.2, -0.15) is 0 Å². The van der Waals surface area contributed by atoms with Gasteiger partial charge in [0.2, 0.25) is 10.0 Å². The highest BCUT2D eigenvalue weighted by Crippen LogP contribution is 2.24. The van der Waals surface area contributed by atoms with Crippen molar-refractivity contribution in [1.82, 2.24) is 9.62 Å². The van der Waals surface area contributed by atoms with E-state index in [-0.39, 0.29) is 10.9 Å². The van der Waals surface area contributed by atoms with Gasteiger partial charge in [-0.25, -0.2) is 13.1 Å². The molecule has 0 saturated heterocycles. The Labute approximate surface area is 129 Å². The molecule has 0 fully saturated rings. The Bertz CT molecular complexity index is 545. The summed E-state index contributed by atoms with van der Waals surface area (Å²) < 4.78 is 27.8. The van der Waals surface area contributed by atoms with Crippen LogP contribution in [0.25, 0.3) is 0 Å². The fraction of sp³-hybridized carbons (Fsp3) is 0.538. The second-order valence-electron chi connectivity index (χ2n) is 4.70. The maximum atomic E-state index is 12.3. The molecule has 0 aliphatic carbocycles. The number of nitrogens with two attached hydrogens (primary N) is 1. The fourth-order valence-electron chi connectivity index (χ4n) is 1.97. The quantitative estimate of drug-likeness (QED) is 0.726. The summed E-state index contributed by atoms with van der Waals surface area (Å²) in [6.07, 6.45) is 0. The molecule has 3 N–H and O–H groups in total. The molecule has 7 heteroatoms. The predicted molar refractivity (Wildman–Crippen MR) is 86.1 cm³/mol. The van der Waals surface area contributed by atoms with Gasteiger partial charge >= 0.3 is 0 Å². The molecule has 0 saturated carbocycles. The zero-order chi connectivity index (χ0) is 15.3. The third-order valence-corrected chi connectivity index (χ3v) is 5.59. The summed E-state index contributed by atoms with van der Waals surface area (Å²) in [6.45, 7) is 8.45. The van der Waals surface area contributed by atoms with Crippen LogP contribution in [0.3, 0.4) is 0 Å². The van der Waals surface area contributed by atoms with Crippen molar-refractivity contribution in [2.75, 3.05) is 25.4 Å². The highest BCUT2D eigenvalue weighted by atomic mass is 79.9. The van der Waals surface area contributed by atoms with Crippen LogP contribution in [0, 0.1) is 0 Å². The van der Waals surface area contributed by atoms with Crippen LogP contribution in [-0.2, 0) is 10.0 Å². The average Bonchev–Trinajstić information content (AvgIpc) is 2.34. The lowest BCUT2D eigenvalue weighted by Gasteiger charge is -2.23. The minimum absolute atomic E-state index is 0.163. The number of hydrogen-bond acceptors (Lipinski definition) is 4. The molecule has 1 atom stereocenters. The molecular weight excluding hydrogens is 342 g/mol. The van der Waals surface area contributed by atoms with E-state index >= 15 is 0 Å². The maximum Gasteiger partial charge on any atom is 0.241 e. The van der Waals surface area contributed by atoms with Crippen molar-refractivity contribution in [2.24, 2.45) is 0 Å². The van der Waals surface area contributed by atoms with Crippen LogP contribution in [0.2, 0.25) is 0 Å². The lowest BCUT2D eigenvalue weighted by Crippen LogP contribution is -2.41. The molecule has 0 spiro atoms. The summed E-state index contributed by atoms with van der Waals surface area (Å²) in [6, 6.07) is 4.51. The molecule has 0 aliphatic heterocycles. The first-order valence-electron chi connectivity index (χ1n) is 6.59. The first-order valence-corrected chi connectivity index (χ1v) is 8.87. The van der Waals surface area contributed by atoms with Crippen LogP contribution < -0.4 is 10.5 Å². The van der Waals surface area contributed by atoms with Crippen molar-refractivity contribution in [2.45, 2.75) is 31.7 Å². The smallest absolute Gasteiger partial charge is 0.241 e. The number of nitrogens with one attached hydrogen (secondary N) is 1. The summed E-state index contributed by atoms with van der Waals surface area (Å²) in [5, 5.41) is 0. The monoisotopic (exact) mass is 363 g/mol. The van der Waals surface area contributed by atoms with Crippen molar-refractivity contribution < 1.29 is 8.42 Å². The fourth-order valence-corrected chi connectivity index (χ4v) is 4.30. The largest absolute Gasteiger partial charge is 0.399 e. The average molecular weight is 364 g/mol. The number of benzene rings is 1. The number of likely N-dealkylation sites (N-methyl/N-ethyl adjacent to an activating group) is 1. The normalized spacial score (nSPS) is 13.7. The maximum absolute atomic E-state index is 12.3. The molecule has 1 rings (SSSR count). The molecule has 5 nitrogen and oxygen atoms in total. The third-order valence-electron chi connectivity index (χ3n) is 3.03. The van der Waals surface area contributed by atoms with E-state index in [2.05, 4.69) is 39.4 Å². The van der Waals surface area contributed by atoms with Gasteiger partial charge in [0, 0.05) is 22.7 Å². The number of hydrogen-bond donors (Lipinski definition) is 2. The Balaban J connectivity index is 2.84. The predicted octanol–water partition coefficient (Wildman–Crippen LogP) is 2.04. The van der Waals surface area contributed by atoms with E-state index in [0.717, 1.165) is 13.1 Å². The molecule has 1 unspecified atom stereocenters. The molecule has 0 aliphatic rings. The summed E-state index contributed by atoms with van der Waals surface area (Å²) in [4.78, 5) is 2.38. The van der Waals surface area contributed by atoms with E-state index in [1.807, 2.05) is 6.92 Å². The molecular formula is C13H22BrN3O2S. The van der Waals surface area contributed by atoms with Crippen molar-refractivity contribution >= 4 is 31.6 Å². The zero-order valence-corrected chi connectivity index (χ0v) is 14.5. The van der Waals surface area contributed by atoms with Crippen LogP contribution in [0.15, 0.2) is 27.6 Å². The van der Waals surface area contributed by atoms with Crippen LogP contribution in [0.5, 0.6) is 0 Å². The van der Waals surface area contributed by atoms with Crippen LogP contribution in [-0.4, -0.2) is 39.0 Å². The minimum Gasteiger partial charge on any atom is -0.399 e. The number of rotatable bonds is 7. The number of halogens is 1. The molecule has 20 heavy (non-hydrogen) atoms. The first-order chi connectivity index (χ1) is 9.30. The molecule has 1 aromatic rings. The van der Waals surface area contributed by atoms with E-state index in [9.17, 15) is 8.42 Å². The summed E-state index contributed by atoms with van der Waals surface area (Å²) in [5.41, 5.74) is 6.14. The van der Waals surface area contributed by atoms with Crippen LogP contribution in [0.4, 0.5) is 5.69 Å². The summed E-state index contributed by atoms with van der Waals surface area (Å²) >= 11 is 3.24. The van der Waals surface area contributed by atoms with Gasteiger partial charge in [-0.05, 0) is 54.1 Å². The van der Waals surface area contributed by atoms with E-state index in [4.69, 9.17) is 5.73 Å². The second kappa shape index (κ2) is 7.40. The van der Waals surface area contributed by atoms with Crippen molar-refractivity contribution in [1.29, 1.82) is 0 Å². The Hall–Kier alpha value is -0.630. The number of sulfonamides is 1. The van der Waals surface area contributed by atoms with Crippen LogP contribution in [0.1, 0.15) is 20.8 Å². The van der Waals surface area contributed by atoms with Crippen molar-refractivity contribution in [3.63, 3.8) is 0 Å². The number of nitrogens with zero attached hydrogens (tertiary/aromatic N) is 1. The Morgan fingerprint density at radius 2 is 1.95 bits per heavy atom. The van der Waals surface area contributed by atoms with Crippen LogP contribution >= 0.6 is 15.9 Å². The molecule has 1 aromatic carbocycles. The summed E-state index contributed by atoms with van der Waals surface area (Å²) in [7, 11) is -3.55. The Morgan fingerprint density at radius 1 is 1.35 bits per heavy atom. The van der Waals surface area contributed by atoms with Gasteiger partial charge in [0.15, 0.2) is 0 Å². The number of nitrogen functional groups attached to an aromatic ring is 1. The Morgan fingerprint density at radius 3 is 2.45 bits per heavy atom. The standard InChI is InChI=1S/C13H22BrN3O2S/c1-4-17(5-2)9-10(3)16-20(18,19)13-7-6-11(15)8-12(13)14/h6-8,10,16H,4-5,9,15H2,1-3H3. The minimum atomic E-state index is -3.55. The SMILES string of the molecule is CCN(CC)CC(C)NS(=O)(=O)c1ccc(N)cc1Br. The van der Waals surface area contributed by atoms with Gasteiger partial charge in [0.05, 0.1) is 4.90 Å². The van der Waals surface area contributed by atoms with Gasteiger partial charge in [-0.15, -0.1) is 0 Å². The molecule has 0 heterocycles. The van der Waals surface area contributed by atoms with Crippen molar-refractivity contribution in [3.8, 4) is 0 Å². The molecule has 0 aromatic heterocycles. The topological polar surface area (TPSA) is 75.4 Å². The van der Waals surface area contributed by atoms with Gasteiger partial charge < -0.3 is 10.6 Å². The molecule has 0 radical (unpaired) electrons. The second-order valence-corrected chi connectivity index (χ2v) is 7.23. The highest BCUT2D eigenvalue weighted by molar-refractivity contribution is 9.10. The molecule has 114 valence electrons. The van der Waals surface area contributed by atoms with Crippen molar-refractivity contribution in [3.05, 3.63) is 22.7 Å². The lowest BCUT2D eigenvalue weighted by atomic mass is 10.3. The van der Waals surface area contributed by atoms with Gasteiger partial charge in [-0.1, -0.05) is 13.8 Å². The molecule has 0 amide bonds. The zero-order valence-electron chi connectivity index (χ0n) is 12.1. The number of anilines is 1. The van der Waals surface area contributed by atoms with E-state index in [1.54, 1.807) is 12.1 Å². The van der Waals surface area contributed by atoms with E-state index < -0.39 is 10.0 Å². The lowest BCUT2D eigenvalue weighted by molar-refractivity contribution is 0.282. The highest BCUT2D eigenvalue weighted by Gasteiger charge is 2.21. The van der Waals surface area contributed by atoms with E-state index in [1.165, 1.54) is 6.07 Å². The summed E-state index contributed by atoms with van der Waals surface area (Å²) in [5.74, 6) is 0. The molecule has 0 bridgehead atoms. The van der Waals surface area contributed by atoms with Gasteiger partial charge in [0.1, 0.15) is 0 Å².